The topological polar surface area (TPSA) is 97.3 Å². The van der Waals surface area contributed by atoms with Gasteiger partial charge in [-0.05, 0) is 12.1 Å². The molecule has 0 spiro atoms. The minimum atomic E-state index is -0.00438. The van der Waals surface area contributed by atoms with Gasteiger partial charge in [0, 0.05) is 27.1 Å². The summed E-state index contributed by atoms with van der Waals surface area (Å²) in [6.45, 7) is 0.579. The number of rotatable bonds is 4. The molecule has 0 saturated carbocycles. The summed E-state index contributed by atoms with van der Waals surface area (Å²) < 4.78 is 0. The highest BCUT2D eigenvalue weighted by Gasteiger charge is 2.06. The van der Waals surface area contributed by atoms with Crippen molar-refractivity contribution in [1.82, 2.24) is 10.3 Å². The van der Waals surface area contributed by atoms with Gasteiger partial charge in [0.2, 0.25) is 5.91 Å². The van der Waals surface area contributed by atoms with Gasteiger partial charge in [-0.25, -0.2) is 4.98 Å². The molecule has 1 amide bonds. The lowest BCUT2D eigenvalue weighted by Gasteiger charge is -2.18. The minimum Gasteiger partial charge on any atom is -0.396 e. The summed E-state index contributed by atoms with van der Waals surface area (Å²) in [6.07, 6.45) is 0.416. The molecule has 1 aromatic heterocycles. The zero-order chi connectivity index (χ0) is 12.1. The fourth-order valence-corrected chi connectivity index (χ4v) is 1.20. The maximum Gasteiger partial charge on any atom is 0.221 e. The SMILES string of the molecule is CNC(=O)CCN(C)c1ccc(N)c(N)n1. The van der Waals surface area contributed by atoms with Gasteiger partial charge in [0.05, 0.1) is 5.69 Å². The Kier molecular flexibility index (Phi) is 3.93. The van der Waals surface area contributed by atoms with Crippen LogP contribution in [0.5, 0.6) is 0 Å². The summed E-state index contributed by atoms with van der Waals surface area (Å²) in [5.41, 5.74) is 11.6. The average Bonchev–Trinajstić information content (AvgIpc) is 2.29. The monoisotopic (exact) mass is 223 g/mol. The summed E-state index contributed by atoms with van der Waals surface area (Å²) in [5, 5.41) is 2.56. The van der Waals surface area contributed by atoms with Crippen LogP contribution in [-0.4, -0.2) is 31.5 Å². The first-order valence-corrected chi connectivity index (χ1v) is 4.98. The van der Waals surface area contributed by atoms with Crippen molar-refractivity contribution in [3.05, 3.63) is 12.1 Å². The van der Waals surface area contributed by atoms with E-state index < -0.39 is 0 Å². The smallest absolute Gasteiger partial charge is 0.221 e. The molecule has 0 atom stereocenters. The first-order valence-electron chi connectivity index (χ1n) is 4.98. The van der Waals surface area contributed by atoms with Crippen molar-refractivity contribution in [3.63, 3.8) is 0 Å². The number of carbonyl (C=O) groups excluding carboxylic acids is 1. The first-order chi connectivity index (χ1) is 7.54. The average molecular weight is 223 g/mol. The fourth-order valence-electron chi connectivity index (χ4n) is 1.20. The molecule has 0 unspecified atom stereocenters. The van der Waals surface area contributed by atoms with Gasteiger partial charge in [0.25, 0.3) is 0 Å². The summed E-state index contributed by atoms with van der Waals surface area (Å²) in [6, 6.07) is 3.48. The number of nitrogen functional groups attached to an aromatic ring is 2. The van der Waals surface area contributed by atoms with Crippen molar-refractivity contribution in [3.8, 4) is 0 Å². The van der Waals surface area contributed by atoms with E-state index in [0.29, 0.717) is 30.3 Å². The number of hydrogen-bond donors (Lipinski definition) is 3. The number of amides is 1. The van der Waals surface area contributed by atoms with Crippen LogP contribution in [0.25, 0.3) is 0 Å². The molecule has 0 saturated heterocycles. The lowest BCUT2D eigenvalue weighted by Crippen LogP contribution is -2.27. The van der Waals surface area contributed by atoms with Crippen LogP contribution >= 0.6 is 0 Å². The summed E-state index contributed by atoms with van der Waals surface area (Å²) in [4.78, 5) is 17.0. The van der Waals surface area contributed by atoms with E-state index in [0.717, 1.165) is 0 Å². The minimum absolute atomic E-state index is 0.00438. The van der Waals surface area contributed by atoms with Crippen molar-refractivity contribution >= 4 is 23.2 Å². The van der Waals surface area contributed by atoms with E-state index >= 15 is 0 Å². The highest BCUT2D eigenvalue weighted by molar-refractivity contribution is 5.76. The van der Waals surface area contributed by atoms with Gasteiger partial charge >= 0.3 is 0 Å². The number of pyridine rings is 1. The van der Waals surface area contributed by atoms with Crippen molar-refractivity contribution in [2.24, 2.45) is 0 Å². The van der Waals surface area contributed by atoms with Crippen molar-refractivity contribution in [1.29, 1.82) is 0 Å². The number of aromatic nitrogens is 1. The van der Waals surface area contributed by atoms with E-state index in [1.165, 1.54) is 0 Å². The highest BCUT2D eigenvalue weighted by atomic mass is 16.1. The molecule has 5 N–H and O–H groups in total. The molecular formula is C10H17N5O. The number of nitrogens with one attached hydrogen (secondary N) is 1. The third kappa shape index (κ3) is 3.01. The number of anilines is 3. The van der Waals surface area contributed by atoms with Crippen LogP contribution < -0.4 is 21.7 Å². The number of carbonyl (C=O) groups is 1. The Morgan fingerprint density at radius 3 is 2.75 bits per heavy atom. The molecular weight excluding hydrogens is 206 g/mol. The maximum absolute atomic E-state index is 11.1. The van der Waals surface area contributed by atoms with E-state index in [9.17, 15) is 4.79 Å². The van der Waals surface area contributed by atoms with Crippen LogP contribution in [0.2, 0.25) is 0 Å². The summed E-state index contributed by atoms with van der Waals surface area (Å²) in [5.74, 6) is 1.01. The molecule has 6 nitrogen and oxygen atoms in total. The quantitative estimate of drug-likeness (QED) is 0.657. The molecule has 0 aliphatic carbocycles. The zero-order valence-corrected chi connectivity index (χ0v) is 9.53. The number of hydrogen-bond acceptors (Lipinski definition) is 5. The number of nitrogens with two attached hydrogens (primary N) is 2. The molecule has 0 aromatic carbocycles. The van der Waals surface area contributed by atoms with Gasteiger partial charge in [0.1, 0.15) is 11.6 Å². The van der Waals surface area contributed by atoms with Gasteiger partial charge in [-0.1, -0.05) is 0 Å². The van der Waals surface area contributed by atoms with E-state index in [1.807, 2.05) is 11.9 Å². The van der Waals surface area contributed by atoms with Gasteiger partial charge in [0.15, 0.2) is 0 Å². The molecule has 0 bridgehead atoms. The lowest BCUT2D eigenvalue weighted by molar-refractivity contribution is -0.120. The molecule has 0 radical (unpaired) electrons. The molecule has 1 aromatic rings. The Bertz CT molecular complexity index is 379. The Hall–Kier alpha value is -1.98. The molecule has 6 heteroatoms. The first kappa shape index (κ1) is 12.1. The second kappa shape index (κ2) is 5.20. The Morgan fingerprint density at radius 1 is 1.50 bits per heavy atom. The molecule has 1 rings (SSSR count). The Balaban J connectivity index is 2.62. The molecule has 0 fully saturated rings. The van der Waals surface area contributed by atoms with Crippen molar-refractivity contribution < 1.29 is 4.79 Å². The second-order valence-corrected chi connectivity index (χ2v) is 3.49. The number of nitrogens with zero attached hydrogens (tertiary/aromatic N) is 2. The van der Waals surface area contributed by atoms with Crippen LogP contribution in [0.3, 0.4) is 0 Å². The molecule has 16 heavy (non-hydrogen) atoms. The second-order valence-electron chi connectivity index (χ2n) is 3.49. The molecule has 88 valence electrons. The Morgan fingerprint density at radius 2 is 2.19 bits per heavy atom. The van der Waals surface area contributed by atoms with Gasteiger partial charge in [-0.15, -0.1) is 0 Å². The normalized spacial score (nSPS) is 9.88. The van der Waals surface area contributed by atoms with Crippen LogP contribution in [0.1, 0.15) is 6.42 Å². The molecule has 1 heterocycles. The predicted octanol–water partition coefficient (Wildman–Crippen LogP) is -0.182. The third-order valence-electron chi connectivity index (χ3n) is 2.29. The molecule has 0 aliphatic heterocycles. The largest absolute Gasteiger partial charge is 0.396 e. The summed E-state index contributed by atoms with van der Waals surface area (Å²) in [7, 11) is 3.46. The highest BCUT2D eigenvalue weighted by Crippen LogP contribution is 2.17. The van der Waals surface area contributed by atoms with E-state index in [1.54, 1.807) is 19.2 Å². The lowest BCUT2D eigenvalue weighted by atomic mass is 10.3. The van der Waals surface area contributed by atoms with Crippen LogP contribution in [0, 0.1) is 0 Å². The van der Waals surface area contributed by atoms with Crippen molar-refractivity contribution in [2.45, 2.75) is 6.42 Å². The van der Waals surface area contributed by atoms with E-state index in [-0.39, 0.29) is 5.91 Å². The fraction of sp³-hybridized carbons (Fsp3) is 0.400. The predicted molar refractivity (Wildman–Crippen MR) is 65.0 cm³/mol. The van der Waals surface area contributed by atoms with Gasteiger partial charge in [-0.3, -0.25) is 4.79 Å². The molecule has 0 aliphatic rings. The van der Waals surface area contributed by atoms with E-state index in [2.05, 4.69) is 10.3 Å². The third-order valence-corrected chi connectivity index (χ3v) is 2.29. The standard InChI is InChI=1S/C10H17N5O/c1-13-9(16)5-6-15(2)8-4-3-7(11)10(12)14-8/h3-4H,5-6,11H2,1-2H3,(H2,12,14)(H,13,16). The maximum atomic E-state index is 11.1. The Labute approximate surface area is 94.6 Å². The van der Waals surface area contributed by atoms with Crippen molar-refractivity contribution in [2.75, 3.05) is 37.0 Å². The van der Waals surface area contributed by atoms with Crippen LogP contribution in [-0.2, 0) is 4.79 Å². The van der Waals surface area contributed by atoms with Crippen LogP contribution in [0.15, 0.2) is 12.1 Å². The van der Waals surface area contributed by atoms with Crippen LogP contribution in [0.4, 0.5) is 17.3 Å². The zero-order valence-electron chi connectivity index (χ0n) is 9.53. The summed E-state index contributed by atoms with van der Waals surface area (Å²) >= 11 is 0. The van der Waals surface area contributed by atoms with Gasteiger partial charge < -0.3 is 21.7 Å². The van der Waals surface area contributed by atoms with Gasteiger partial charge in [-0.2, -0.15) is 0 Å². The van der Waals surface area contributed by atoms with E-state index in [4.69, 9.17) is 11.5 Å².